The van der Waals surface area contributed by atoms with Crippen LogP contribution in [0.3, 0.4) is 0 Å². The molecular formula is C25H32ClNO3. The summed E-state index contributed by atoms with van der Waals surface area (Å²) in [5.41, 5.74) is 3.34. The van der Waals surface area contributed by atoms with Crippen molar-refractivity contribution in [1.82, 2.24) is 5.32 Å². The number of carbonyl (C=O) groups is 1. The van der Waals surface area contributed by atoms with E-state index in [1.807, 2.05) is 32.0 Å². The molecule has 4 nitrogen and oxygen atoms in total. The second-order valence-electron chi connectivity index (χ2n) is 8.60. The molecule has 1 amide bonds. The van der Waals surface area contributed by atoms with Crippen LogP contribution in [-0.2, 0) is 28.8 Å². The number of hydrogen-bond donors (Lipinski definition) is 1. The van der Waals surface area contributed by atoms with Gasteiger partial charge in [0.25, 0.3) is 0 Å². The number of nitrogens with one attached hydrogen (secondary N) is 1. The van der Waals surface area contributed by atoms with Crippen LogP contribution in [0.1, 0.15) is 50.3 Å². The summed E-state index contributed by atoms with van der Waals surface area (Å²) in [4.78, 5) is 12.1. The molecule has 0 saturated carbocycles. The molecular weight excluding hydrogens is 398 g/mol. The van der Waals surface area contributed by atoms with Gasteiger partial charge in [0.1, 0.15) is 11.4 Å². The maximum atomic E-state index is 12.1. The molecule has 1 N–H and O–H groups in total. The smallest absolute Gasteiger partial charge is 0.220 e. The zero-order chi connectivity index (χ0) is 21.6. The molecule has 1 unspecified atom stereocenters. The van der Waals surface area contributed by atoms with Crippen LogP contribution < -0.4 is 10.1 Å². The first-order valence-corrected chi connectivity index (χ1v) is 11.1. The van der Waals surface area contributed by atoms with Crippen LogP contribution in [0.2, 0.25) is 5.02 Å². The highest BCUT2D eigenvalue weighted by Gasteiger charge is 2.35. The van der Waals surface area contributed by atoms with E-state index in [4.69, 9.17) is 21.1 Å². The normalized spacial score (nSPS) is 17.6. The van der Waals surface area contributed by atoms with Gasteiger partial charge in [0.05, 0.1) is 6.10 Å². The summed E-state index contributed by atoms with van der Waals surface area (Å²) in [5.74, 6) is 1.04. The second-order valence-corrected chi connectivity index (χ2v) is 9.03. The van der Waals surface area contributed by atoms with Gasteiger partial charge in [-0.05, 0) is 68.5 Å². The zero-order valence-corrected chi connectivity index (χ0v) is 18.9. The molecule has 0 fully saturated rings. The van der Waals surface area contributed by atoms with Gasteiger partial charge in [0, 0.05) is 37.4 Å². The average molecular weight is 430 g/mol. The first-order valence-electron chi connectivity index (χ1n) is 10.8. The molecule has 0 radical (unpaired) electrons. The molecule has 1 atom stereocenters. The first-order chi connectivity index (χ1) is 14.3. The van der Waals surface area contributed by atoms with E-state index in [1.165, 1.54) is 16.7 Å². The third-order valence-electron chi connectivity index (χ3n) is 5.27. The number of ether oxygens (including phenoxy) is 2. The maximum Gasteiger partial charge on any atom is 0.220 e. The van der Waals surface area contributed by atoms with E-state index < -0.39 is 0 Å². The summed E-state index contributed by atoms with van der Waals surface area (Å²) in [6.07, 6.45) is 3.99. The van der Waals surface area contributed by atoms with E-state index in [0.717, 1.165) is 36.5 Å². The van der Waals surface area contributed by atoms with Gasteiger partial charge in [0.15, 0.2) is 0 Å². The highest BCUT2D eigenvalue weighted by Crippen LogP contribution is 2.37. The third-order valence-corrected chi connectivity index (χ3v) is 5.52. The van der Waals surface area contributed by atoms with Crippen molar-refractivity contribution in [3.8, 4) is 5.75 Å². The fourth-order valence-electron chi connectivity index (χ4n) is 3.83. The Morgan fingerprint density at radius 1 is 1.20 bits per heavy atom. The van der Waals surface area contributed by atoms with Crippen LogP contribution in [-0.4, -0.2) is 30.8 Å². The van der Waals surface area contributed by atoms with E-state index >= 15 is 0 Å². The van der Waals surface area contributed by atoms with Crippen molar-refractivity contribution in [3.05, 3.63) is 64.2 Å². The number of benzene rings is 2. The molecule has 1 aliphatic rings. The van der Waals surface area contributed by atoms with Gasteiger partial charge in [-0.15, -0.1) is 0 Å². The molecule has 0 aliphatic carbocycles. The molecule has 2 aromatic carbocycles. The lowest BCUT2D eigenvalue weighted by molar-refractivity contribution is -0.121. The van der Waals surface area contributed by atoms with Gasteiger partial charge < -0.3 is 14.8 Å². The van der Waals surface area contributed by atoms with Crippen molar-refractivity contribution in [2.45, 2.75) is 64.6 Å². The number of halogens is 1. The van der Waals surface area contributed by atoms with Gasteiger partial charge in [0.2, 0.25) is 5.91 Å². The Morgan fingerprint density at radius 2 is 1.93 bits per heavy atom. The summed E-state index contributed by atoms with van der Waals surface area (Å²) in [5, 5.41) is 3.72. The van der Waals surface area contributed by atoms with E-state index in [-0.39, 0.29) is 17.6 Å². The number of hydrogen-bond acceptors (Lipinski definition) is 3. The SMILES string of the molecule is CC(C)OCCCNC(=O)CCc1ccc2c(c1)CC(C)(Cc1ccc(Cl)cc1)O2. The molecule has 1 aliphatic heterocycles. The summed E-state index contributed by atoms with van der Waals surface area (Å²) in [6, 6.07) is 14.2. The Bertz CT molecular complexity index is 850. The number of carbonyl (C=O) groups excluding carboxylic acids is 1. The predicted octanol–water partition coefficient (Wildman–Crippen LogP) is 5.14. The topological polar surface area (TPSA) is 47.6 Å². The van der Waals surface area contributed by atoms with Crippen LogP contribution in [0.15, 0.2) is 42.5 Å². The largest absolute Gasteiger partial charge is 0.487 e. The molecule has 0 bridgehead atoms. The van der Waals surface area contributed by atoms with Gasteiger partial charge in [-0.3, -0.25) is 4.79 Å². The number of aryl methyl sites for hydroxylation is 1. The van der Waals surface area contributed by atoms with Gasteiger partial charge >= 0.3 is 0 Å². The van der Waals surface area contributed by atoms with Crippen LogP contribution in [0, 0.1) is 0 Å². The first kappa shape index (κ1) is 22.6. The van der Waals surface area contributed by atoms with Crippen LogP contribution in [0.5, 0.6) is 5.75 Å². The molecule has 162 valence electrons. The van der Waals surface area contributed by atoms with Crippen molar-refractivity contribution in [2.75, 3.05) is 13.2 Å². The van der Waals surface area contributed by atoms with Crippen molar-refractivity contribution in [3.63, 3.8) is 0 Å². The van der Waals surface area contributed by atoms with E-state index in [0.29, 0.717) is 19.6 Å². The van der Waals surface area contributed by atoms with Crippen LogP contribution >= 0.6 is 11.6 Å². The molecule has 5 heteroatoms. The quantitative estimate of drug-likeness (QED) is 0.532. The average Bonchev–Trinajstić information content (AvgIpc) is 3.02. The van der Waals surface area contributed by atoms with E-state index in [2.05, 4.69) is 36.5 Å². The fraction of sp³-hybridized carbons (Fsp3) is 0.480. The van der Waals surface area contributed by atoms with E-state index in [1.54, 1.807) is 0 Å². The van der Waals surface area contributed by atoms with Crippen molar-refractivity contribution in [2.24, 2.45) is 0 Å². The Morgan fingerprint density at radius 3 is 2.67 bits per heavy atom. The Labute approximate surface area is 184 Å². The molecule has 0 aromatic heterocycles. The molecule has 0 spiro atoms. The van der Waals surface area contributed by atoms with Gasteiger partial charge in [-0.25, -0.2) is 0 Å². The number of fused-ring (bicyclic) bond motifs is 1. The molecule has 3 rings (SSSR count). The van der Waals surface area contributed by atoms with Gasteiger partial charge in [-0.1, -0.05) is 35.9 Å². The van der Waals surface area contributed by atoms with Crippen LogP contribution in [0.25, 0.3) is 0 Å². The Kier molecular flexibility index (Phi) is 7.79. The van der Waals surface area contributed by atoms with Gasteiger partial charge in [-0.2, -0.15) is 0 Å². The minimum Gasteiger partial charge on any atom is -0.487 e. The monoisotopic (exact) mass is 429 g/mol. The maximum absolute atomic E-state index is 12.1. The summed E-state index contributed by atoms with van der Waals surface area (Å²) >= 11 is 5.99. The van der Waals surface area contributed by atoms with Crippen molar-refractivity contribution in [1.29, 1.82) is 0 Å². The standard InChI is InChI=1S/C25H32ClNO3/c1-18(2)29-14-4-13-27-24(28)12-8-19-7-11-23-21(15-19)17-25(3,30-23)16-20-5-9-22(26)10-6-20/h5-7,9-11,15,18H,4,8,12-14,16-17H2,1-3H3,(H,27,28). The van der Waals surface area contributed by atoms with Crippen LogP contribution in [0.4, 0.5) is 0 Å². The van der Waals surface area contributed by atoms with Crippen molar-refractivity contribution >= 4 is 17.5 Å². The Balaban J connectivity index is 1.46. The minimum atomic E-state index is -0.260. The highest BCUT2D eigenvalue weighted by molar-refractivity contribution is 6.30. The summed E-state index contributed by atoms with van der Waals surface area (Å²) < 4.78 is 11.8. The molecule has 1 heterocycles. The summed E-state index contributed by atoms with van der Waals surface area (Å²) in [6.45, 7) is 7.52. The predicted molar refractivity (Wildman–Crippen MR) is 121 cm³/mol. The highest BCUT2D eigenvalue weighted by atomic mass is 35.5. The van der Waals surface area contributed by atoms with Crippen molar-refractivity contribution < 1.29 is 14.3 Å². The molecule has 2 aromatic rings. The third kappa shape index (κ3) is 6.75. The molecule has 30 heavy (non-hydrogen) atoms. The number of amides is 1. The summed E-state index contributed by atoms with van der Waals surface area (Å²) in [7, 11) is 0. The fourth-order valence-corrected chi connectivity index (χ4v) is 3.95. The lowest BCUT2D eigenvalue weighted by atomic mass is 9.91. The lowest BCUT2D eigenvalue weighted by Gasteiger charge is -2.24. The van der Waals surface area contributed by atoms with E-state index in [9.17, 15) is 4.79 Å². The lowest BCUT2D eigenvalue weighted by Crippen LogP contribution is -2.32. The molecule has 0 saturated heterocycles. The number of rotatable bonds is 10. The second kappa shape index (κ2) is 10.3. The minimum absolute atomic E-state index is 0.0869. The Hall–Kier alpha value is -2.04. The zero-order valence-electron chi connectivity index (χ0n) is 18.2.